The third-order valence-corrected chi connectivity index (χ3v) is 5.90. The Labute approximate surface area is 193 Å². The summed E-state index contributed by atoms with van der Waals surface area (Å²) in [6, 6.07) is 8.46. The van der Waals surface area contributed by atoms with Gasteiger partial charge in [0.1, 0.15) is 5.41 Å². The van der Waals surface area contributed by atoms with Crippen molar-refractivity contribution in [3.05, 3.63) is 68.7 Å². The third kappa shape index (κ3) is 4.76. The van der Waals surface area contributed by atoms with Crippen LogP contribution in [0.3, 0.4) is 0 Å². The molecule has 170 valence electrons. The normalized spacial score (nSPS) is 18.8. The molecule has 0 bridgehead atoms. The number of aliphatic imine (C=N–C) groups is 1. The second-order valence-corrected chi connectivity index (χ2v) is 8.42. The van der Waals surface area contributed by atoms with Gasteiger partial charge in [0, 0.05) is 28.7 Å². The molecule has 3 rings (SSSR count). The summed E-state index contributed by atoms with van der Waals surface area (Å²) in [5.41, 5.74) is 5.43. The van der Waals surface area contributed by atoms with E-state index >= 15 is 0 Å². The lowest BCUT2D eigenvalue weighted by Gasteiger charge is -2.31. The van der Waals surface area contributed by atoms with E-state index in [1.54, 1.807) is 32.0 Å². The Morgan fingerprint density at radius 1 is 1.25 bits per heavy atom. The molecule has 1 unspecified atom stereocenters. The number of rotatable bonds is 5. The smallest absolute Gasteiger partial charge is 0.350 e. The van der Waals surface area contributed by atoms with E-state index < -0.39 is 24.2 Å². The number of halogens is 5. The van der Waals surface area contributed by atoms with Crippen LogP contribution in [0.15, 0.2) is 46.5 Å². The molecular weight excluding hydrogens is 464 g/mol. The summed E-state index contributed by atoms with van der Waals surface area (Å²) in [5.74, 6) is 0. The van der Waals surface area contributed by atoms with Crippen molar-refractivity contribution in [3.63, 3.8) is 0 Å². The van der Waals surface area contributed by atoms with Gasteiger partial charge < -0.3 is 5.73 Å². The summed E-state index contributed by atoms with van der Waals surface area (Å²) in [7, 11) is 0. The lowest BCUT2D eigenvalue weighted by molar-refractivity contribution is -0.183. The first-order chi connectivity index (χ1) is 15.0. The van der Waals surface area contributed by atoms with Crippen LogP contribution in [0, 0.1) is 6.92 Å². The molecular formula is C22H21Cl2F3N4O. The van der Waals surface area contributed by atoms with Crippen molar-refractivity contribution in [1.29, 1.82) is 0 Å². The minimum absolute atomic E-state index is 0.00664. The highest BCUT2D eigenvalue weighted by atomic mass is 35.5. The third-order valence-electron chi connectivity index (χ3n) is 5.46. The summed E-state index contributed by atoms with van der Waals surface area (Å²) in [6.45, 7) is 3.40. The summed E-state index contributed by atoms with van der Waals surface area (Å²) >= 11 is 12.0. The van der Waals surface area contributed by atoms with E-state index in [2.05, 4.69) is 10.1 Å². The lowest BCUT2D eigenvalue weighted by Crippen LogP contribution is -2.43. The largest absolute Gasteiger partial charge is 0.400 e. The molecule has 2 aromatic carbocycles. The number of urea groups is 1. The van der Waals surface area contributed by atoms with Crippen LogP contribution in [0.1, 0.15) is 35.6 Å². The van der Waals surface area contributed by atoms with Gasteiger partial charge in [-0.2, -0.15) is 18.3 Å². The molecule has 2 aromatic rings. The number of aryl methyl sites for hydroxylation is 1. The Bertz CT molecular complexity index is 1080. The van der Waals surface area contributed by atoms with Crippen LogP contribution in [0.2, 0.25) is 10.0 Å². The van der Waals surface area contributed by atoms with Crippen molar-refractivity contribution >= 4 is 41.2 Å². The first kappa shape index (κ1) is 24.1. The molecule has 2 N–H and O–H groups in total. The van der Waals surface area contributed by atoms with Gasteiger partial charge >= 0.3 is 12.2 Å². The van der Waals surface area contributed by atoms with Crippen molar-refractivity contribution in [2.45, 2.75) is 31.9 Å². The fraction of sp³-hybridized carbons (Fsp3) is 0.318. The van der Waals surface area contributed by atoms with Gasteiger partial charge in [-0.3, -0.25) is 4.99 Å². The van der Waals surface area contributed by atoms with Crippen LogP contribution in [0.4, 0.5) is 18.0 Å². The van der Waals surface area contributed by atoms with E-state index in [1.165, 1.54) is 24.4 Å². The number of nitrogens with two attached hydrogens (primary N) is 1. The lowest BCUT2D eigenvalue weighted by atomic mass is 9.76. The van der Waals surface area contributed by atoms with Gasteiger partial charge in [-0.1, -0.05) is 35.3 Å². The number of hydrazone groups is 1. The zero-order valence-corrected chi connectivity index (χ0v) is 18.9. The number of primary amides is 1. The van der Waals surface area contributed by atoms with Crippen LogP contribution in [-0.2, 0) is 5.41 Å². The Morgan fingerprint density at radius 2 is 1.91 bits per heavy atom. The molecule has 1 heterocycles. The molecule has 1 aliphatic heterocycles. The average molecular weight is 485 g/mol. The number of carbonyl (C=O) groups is 1. The highest BCUT2D eigenvalue weighted by molar-refractivity contribution is 6.34. The molecule has 0 radical (unpaired) electrons. The van der Waals surface area contributed by atoms with Crippen LogP contribution in [0.5, 0.6) is 0 Å². The number of nitrogens with zero attached hydrogens (tertiary/aromatic N) is 3. The molecule has 1 aliphatic rings. The zero-order valence-electron chi connectivity index (χ0n) is 17.4. The van der Waals surface area contributed by atoms with Crippen molar-refractivity contribution in [1.82, 2.24) is 5.01 Å². The van der Waals surface area contributed by atoms with Crippen LogP contribution >= 0.6 is 23.2 Å². The van der Waals surface area contributed by atoms with E-state index in [-0.39, 0.29) is 22.0 Å². The number of carbonyl (C=O) groups excluding carboxylic acids is 1. The van der Waals surface area contributed by atoms with Gasteiger partial charge in [-0.25, -0.2) is 9.80 Å². The van der Waals surface area contributed by atoms with E-state index in [4.69, 9.17) is 28.9 Å². The van der Waals surface area contributed by atoms with Crippen molar-refractivity contribution < 1.29 is 18.0 Å². The average Bonchev–Trinajstić information content (AvgIpc) is 3.15. The van der Waals surface area contributed by atoms with Crippen molar-refractivity contribution in [2.75, 3.05) is 13.1 Å². The van der Waals surface area contributed by atoms with Gasteiger partial charge in [0.25, 0.3) is 0 Å². The van der Waals surface area contributed by atoms with Crippen molar-refractivity contribution in [2.24, 2.45) is 15.8 Å². The molecule has 10 heteroatoms. The Morgan fingerprint density at radius 3 is 2.44 bits per heavy atom. The Kier molecular flexibility index (Phi) is 6.86. The standard InChI is InChI=1S/C22H21Cl2F3N4O/c1-3-31(20(28)32)30-11-15-5-4-14(6-13(15)2)19-10-21(12-29-19,22(25,26)27)16-7-17(23)9-18(24)8-16/h4-9,11H,3,10,12H2,1-2H3,(H2,28,32). The molecule has 0 fully saturated rings. The van der Waals surface area contributed by atoms with E-state index in [0.717, 1.165) is 10.6 Å². The molecule has 5 nitrogen and oxygen atoms in total. The van der Waals surface area contributed by atoms with Gasteiger partial charge in [0.2, 0.25) is 0 Å². The number of amides is 2. The predicted molar refractivity (Wildman–Crippen MR) is 121 cm³/mol. The zero-order chi connectivity index (χ0) is 23.7. The van der Waals surface area contributed by atoms with Gasteiger partial charge in [0.15, 0.2) is 0 Å². The monoisotopic (exact) mass is 484 g/mol. The molecule has 1 atom stereocenters. The molecule has 0 saturated carbocycles. The van der Waals surface area contributed by atoms with Crippen LogP contribution in [0.25, 0.3) is 0 Å². The van der Waals surface area contributed by atoms with Gasteiger partial charge in [-0.15, -0.1) is 0 Å². The number of hydrogen-bond acceptors (Lipinski definition) is 3. The molecule has 0 spiro atoms. The minimum atomic E-state index is -4.55. The Hall–Kier alpha value is -2.58. The number of benzene rings is 2. The summed E-state index contributed by atoms with van der Waals surface area (Å²) in [6.07, 6.45) is -3.39. The SMILES string of the molecule is CCN(N=Cc1ccc(C2=NCC(c3cc(Cl)cc(Cl)c3)(C(F)(F)F)C2)cc1C)C(N)=O. The van der Waals surface area contributed by atoms with Crippen LogP contribution in [-0.4, -0.2) is 42.2 Å². The fourth-order valence-electron chi connectivity index (χ4n) is 3.62. The minimum Gasteiger partial charge on any atom is -0.350 e. The first-order valence-electron chi connectivity index (χ1n) is 9.75. The highest BCUT2D eigenvalue weighted by Gasteiger charge is 2.58. The number of hydrogen-bond donors (Lipinski definition) is 1. The van der Waals surface area contributed by atoms with Gasteiger partial charge in [-0.05, 0) is 60.4 Å². The summed E-state index contributed by atoms with van der Waals surface area (Å²) < 4.78 is 42.8. The summed E-state index contributed by atoms with van der Waals surface area (Å²) in [4.78, 5) is 15.5. The maximum atomic E-state index is 14.3. The molecule has 0 aliphatic carbocycles. The predicted octanol–water partition coefficient (Wildman–Crippen LogP) is 5.73. The second-order valence-electron chi connectivity index (χ2n) is 7.55. The quantitative estimate of drug-likeness (QED) is 0.427. The van der Waals surface area contributed by atoms with Gasteiger partial charge in [0.05, 0.1) is 12.8 Å². The maximum absolute atomic E-state index is 14.3. The summed E-state index contributed by atoms with van der Waals surface area (Å²) in [5, 5.41) is 5.42. The topological polar surface area (TPSA) is 71.1 Å². The second kappa shape index (κ2) is 9.11. The van der Waals surface area contributed by atoms with Crippen LogP contribution < -0.4 is 5.73 Å². The Balaban J connectivity index is 1.91. The molecule has 2 amide bonds. The fourth-order valence-corrected chi connectivity index (χ4v) is 4.15. The van der Waals surface area contributed by atoms with E-state index in [1.807, 2.05) is 0 Å². The van der Waals surface area contributed by atoms with E-state index in [9.17, 15) is 18.0 Å². The first-order valence-corrected chi connectivity index (χ1v) is 10.5. The molecule has 0 aromatic heterocycles. The highest BCUT2D eigenvalue weighted by Crippen LogP contribution is 2.48. The van der Waals surface area contributed by atoms with E-state index in [0.29, 0.717) is 23.4 Å². The van der Waals surface area contributed by atoms with Crippen molar-refractivity contribution in [3.8, 4) is 0 Å². The molecule has 32 heavy (non-hydrogen) atoms. The number of alkyl halides is 3. The molecule has 0 saturated heterocycles. The maximum Gasteiger partial charge on any atom is 0.400 e.